The van der Waals surface area contributed by atoms with Gasteiger partial charge in [-0.2, -0.15) is 0 Å². The van der Waals surface area contributed by atoms with Crippen LogP contribution in [0.15, 0.2) is 83.3 Å². The normalized spacial score (nSPS) is 10.8. The summed E-state index contributed by atoms with van der Waals surface area (Å²) in [6, 6.07) is 27.0. The third-order valence-electron chi connectivity index (χ3n) is 5.20. The lowest BCUT2D eigenvalue weighted by atomic mass is 10.1. The van der Waals surface area contributed by atoms with Crippen molar-refractivity contribution in [2.24, 2.45) is 0 Å². The summed E-state index contributed by atoms with van der Waals surface area (Å²) in [5.41, 5.74) is 4.59. The number of fused-ring (bicyclic) bond motifs is 1. The van der Waals surface area contributed by atoms with Gasteiger partial charge in [-0.05, 0) is 63.1 Å². The monoisotopic (exact) mass is 461 g/mol. The Bertz CT molecular complexity index is 1170. The van der Waals surface area contributed by atoms with E-state index in [-0.39, 0.29) is 0 Å². The Morgan fingerprint density at radius 1 is 0.900 bits per heavy atom. The van der Waals surface area contributed by atoms with Gasteiger partial charge in [0, 0.05) is 17.6 Å². The van der Waals surface area contributed by atoms with E-state index >= 15 is 0 Å². The Balaban J connectivity index is 1.52. The quantitative estimate of drug-likeness (QED) is 0.318. The predicted molar refractivity (Wildman–Crippen MR) is 127 cm³/mol. The molecule has 0 fully saturated rings. The van der Waals surface area contributed by atoms with Crippen LogP contribution < -0.4 is 14.8 Å². The smallest absolute Gasteiger partial charge is 0.175 e. The Morgan fingerprint density at radius 3 is 2.50 bits per heavy atom. The summed E-state index contributed by atoms with van der Waals surface area (Å²) in [6.07, 6.45) is 0. The van der Waals surface area contributed by atoms with Gasteiger partial charge >= 0.3 is 0 Å². The highest BCUT2D eigenvalue weighted by Crippen LogP contribution is 2.37. The number of ether oxygens (including phenoxy) is 2. The number of rotatable bonds is 7. The van der Waals surface area contributed by atoms with E-state index in [1.54, 1.807) is 7.11 Å². The molecule has 0 aliphatic rings. The number of anilines is 1. The van der Waals surface area contributed by atoms with Crippen molar-refractivity contribution in [3.63, 3.8) is 0 Å². The first-order valence-corrected chi connectivity index (χ1v) is 10.7. The SMILES string of the molecule is COc1cc(CNc2cccc3ccccc23)cc(Br)c1OCc1ccccc1C. The number of hydrogen-bond donors (Lipinski definition) is 1. The Morgan fingerprint density at radius 2 is 1.67 bits per heavy atom. The van der Waals surface area contributed by atoms with Crippen LogP contribution in [0.25, 0.3) is 10.8 Å². The molecule has 0 saturated carbocycles. The second-order valence-electron chi connectivity index (χ2n) is 7.20. The van der Waals surface area contributed by atoms with Gasteiger partial charge in [0.25, 0.3) is 0 Å². The Labute approximate surface area is 185 Å². The van der Waals surface area contributed by atoms with Crippen molar-refractivity contribution in [2.45, 2.75) is 20.1 Å². The lowest BCUT2D eigenvalue weighted by molar-refractivity contribution is 0.282. The van der Waals surface area contributed by atoms with E-state index < -0.39 is 0 Å². The number of nitrogens with one attached hydrogen (secondary N) is 1. The molecule has 0 amide bonds. The van der Waals surface area contributed by atoms with Crippen LogP contribution in [0.1, 0.15) is 16.7 Å². The zero-order valence-corrected chi connectivity index (χ0v) is 18.7. The molecule has 0 aliphatic carbocycles. The van der Waals surface area contributed by atoms with Crippen LogP contribution >= 0.6 is 15.9 Å². The summed E-state index contributed by atoms with van der Waals surface area (Å²) in [5.74, 6) is 1.43. The van der Waals surface area contributed by atoms with Crippen LogP contribution in [0.4, 0.5) is 5.69 Å². The van der Waals surface area contributed by atoms with Gasteiger partial charge in [-0.15, -0.1) is 0 Å². The van der Waals surface area contributed by atoms with Gasteiger partial charge in [0.2, 0.25) is 0 Å². The molecule has 0 heterocycles. The third-order valence-corrected chi connectivity index (χ3v) is 5.78. The molecule has 0 atom stereocenters. The highest BCUT2D eigenvalue weighted by Gasteiger charge is 2.13. The fraction of sp³-hybridized carbons (Fsp3) is 0.154. The van der Waals surface area contributed by atoms with Crippen LogP contribution in [0.3, 0.4) is 0 Å². The highest BCUT2D eigenvalue weighted by atomic mass is 79.9. The molecule has 0 saturated heterocycles. The van der Waals surface area contributed by atoms with Crippen molar-refractivity contribution in [3.05, 3.63) is 100 Å². The van der Waals surface area contributed by atoms with Crippen molar-refractivity contribution < 1.29 is 9.47 Å². The van der Waals surface area contributed by atoms with Gasteiger partial charge < -0.3 is 14.8 Å². The van der Waals surface area contributed by atoms with E-state index in [2.05, 4.69) is 88.8 Å². The van der Waals surface area contributed by atoms with Gasteiger partial charge in [-0.25, -0.2) is 0 Å². The molecule has 0 spiro atoms. The fourth-order valence-electron chi connectivity index (χ4n) is 3.51. The number of aryl methyl sites for hydroxylation is 1. The summed E-state index contributed by atoms with van der Waals surface area (Å²) >= 11 is 3.66. The van der Waals surface area contributed by atoms with E-state index in [4.69, 9.17) is 9.47 Å². The van der Waals surface area contributed by atoms with Crippen LogP contribution in [-0.4, -0.2) is 7.11 Å². The van der Waals surface area contributed by atoms with Crippen molar-refractivity contribution in [1.29, 1.82) is 0 Å². The minimum Gasteiger partial charge on any atom is -0.493 e. The van der Waals surface area contributed by atoms with Crippen molar-refractivity contribution in [1.82, 2.24) is 0 Å². The van der Waals surface area contributed by atoms with Gasteiger partial charge in [0.1, 0.15) is 6.61 Å². The van der Waals surface area contributed by atoms with Crippen LogP contribution in [0.5, 0.6) is 11.5 Å². The zero-order valence-electron chi connectivity index (χ0n) is 17.1. The van der Waals surface area contributed by atoms with Crippen LogP contribution in [0, 0.1) is 6.92 Å². The lowest BCUT2D eigenvalue weighted by Gasteiger charge is -2.16. The molecule has 4 aromatic carbocycles. The van der Waals surface area contributed by atoms with Crippen molar-refractivity contribution in [2.75, 3.05) is 12.4 Å². The molecule has 4 heteroatoms. The third kappa shape index (κ3) is 4.44. The maximum Gasteiger partial charge on any atom is 0.175 e. The average molecular weight is 462 g/mol. The Kier molecular flexibility index (Phi) is 6.24. The molecule has 0 aliphatic heterocycles. The maximum atomic E-state index is 6.11. The number of benzene rings is 4. The number of hydrogen-bond acceptors (Lipinski definition) is 3. The number of halogens is 1. The summed E-state index contributed by atoms with van der Waals surface area (Å²) in [5, 5.41) is 5.99. The van der Waals surface area contributed by atoms with Gasteiger partial charge in [0.15, 0.2) is 11.5 Å². The second-order valence-corrected chi connectivity index (χ2v) is 8.06. The van der Waals surface area contributed by atoms with E-state index in [9.17, 15) is 0 Å². The minimum absolute atomic E-state index is 0.495. The van der Waals surface area contributed by atoms with Gasteiger partial charge in [-0.1, -0.05) is 60.7 Å². The first kappa shape index (κ1) is 20.3. The largest absolute Gasteiger partial charge is 0.493 e. The summed E-state index contributed by atoms with van der Waals surface area (Å²) in [4.78, 5) is 0. The highest BCUT2D eigenvalue weighted by molar-refractivity contribution is 9.10. The number of methoxy groups -OCH3 is 1. The molecule has 152 valence electrons. The van der Waals surface area contributed by atoms with E-state index in [0.29, 0.717) is 18.9 Å². The first-order chi connectivity index (χ1) is 14.7. The molecule has 4 rings (SSSR count). The van der Waals surface area contributed by atoms with E-state index in [1.807, 2.05) is 18.2 Å². The molecule has 0 bridgehead atoms. The first-order valence-electron chi connectivity index (χ1n) is 9.91. The maximum absolute atomic E-state index is 6.11. The van der Waals surface area contributed by atoms with Crippen molar-refractivity contribution in [3.8, 4) is 11.5 Å². The minimum atomic E-state index is 0.495. The van der Waals surface area contributed by atoms with Crippen LogP contribution in [-0.2, 0) is 13.2 Å². The lowest BCUT2D eigenvalue weighted by Crippen LogP contribution is -2.03. The summed E-state index contributed by atoms with van der Waals surface area (Å²) in [6.45, 7) is 3.27. The molecule has 30 heavy (non-hydrogen) atoms. The van der Waals surface area contributed by atoms with Gasteiger partial charge in [-0.3, -0.25) is 0 Å². The average Bonchev–Trinajstić information content (AvgIpc) is 2.77. The van der Waals surface area contributed by atoms with E-state index in [0.717, 1.165) is 27.0 Å². The molecule has 0 radical (unpaired) electrons. The standard InChI is InChI=1S/C26H24BrNO2/c1-18-8-3-4-10-21(18)17-30-26-23(27)14-19(15-25(26)29-2)16-28-24-13-7-11-20-9-5-6-12-22(20)24/h3-15,28H,16-17H2,1-2H3. The predicted octanol–water partition coefficient (Wildman–Crippen LogP) is 7.11. The van der Waals surface area contributed by atoms with Gasteiger partial charge in [0.05, 0.1) is 11.6 Å². The molecule has 3 nitrogen and oxygen atoms in total. The molecule has 0 aromatic heterocycles. The topological polar surface area (TPSA) is 30.5 Å². The molecule has 4 aromatic rings. The second kappa shape index (κ2) is 9.23. The zero-order chi connectivity index (χ0) is 20.9. The molecular weight excluding hydrogens is 438 g/mol. The van der Waals surface area contributed by atoms with Crippen LogP contribution in [0.2, 0.25) is 0 Å². The summed E-state index contributed by atoms with van der Waals surface area (Å²) < 4.78 is 12.6. The van der Waals surface area contributed by atoms with Crippen molar-refractivity contribution >= 4 is 32.4 Å². The van der Waals surface area contributed by atoms with E-state index in [1.165, 1.54) is 16.3 Å². The molecule has 1 N–H and O–H groups in total. The molecule has 0 unspecified atom stereocenters. The Hall–Kier alpha value is -2.98. The fourth-order valence-corrected chi connectivity index (χ4v) is 4.12. The summed E-state index contributed by atoms with van der Waals surface area (Å²) in [7, 11) is 1.67. The molecular formula is C26H24BrNO2.